The van der Waals surface area contributed by atoms with Gasteiger partial charge in [0, 0.05) is 5.92 Å². The Hall–Kier alpha value is -6.76. The molecule has 9 aromatic rings. The van der Waals surface area contributed by atoms with Crippen LogP contribution >= 0.6 is 0 Å². The quantitative estimate of drug-likeness (QED) is 0.152. The second kappa shape index (κ2) is 13.0. The molecule has 0 saturated heterocycles. The molecule has 258 valence electrons. The molecule has 11 rings (SSSR count). The summed E-state index contributed by atoms with van der Waals surface area (Å²) in [6.45, 7) is 0. The van der Waals surface area contributed by atoms with E-state index in [-0.39, 0.29) is 5.92 Å². The lowest BCUT2D eigenvalue weighted by atomic mass is 9.83. The Labute approximate surface area is 323 Å². The minimum Gasteiger partial charge on any atom is -0.0622 e. The van der Waals surface area contributed by atoms with Crippen LogP contribution in [0.1, 0.15) is 44.9 Å². The minimum absolute atomic E-state index is 0.0955. The van der Waals surface area contributed by atoms with Crippen molar-refractivity contribution in [3.8, 4) is 55.6 Å². The van der Waals surface area contributed by atoms with Crippen molar-refractivity contribution in [2.24, 2.45) is 0 Å². The maximum Gasteiger partial charge on any atom is 0.0340 e. The molecule has 0 bridgehead atoms. The lowest BCUT2D eigenvalue weighted by molar-refractivity contribution is 0.974. The van der Waals surface area contributed by atoms with E-state index in [4.69, 9.17) is 0 Å². The number of benzene rings is 9. The van der Waals surface area contributed by atoms with Crippen molar-refractivity contribution in [1.29, 1.82) is 0 Å². The lowest BCUT2D eigenvalue weighted by Crippen LogP contribution is -2.04. The van der Waals surface area contributed by atoms with Crippen LogP contribution in [-0.4, -0.2) is 0 Å². The van der Waals surface area contributed by atoms with Crippen molar-refractivity contribution in [2.45, 2.75) is 18.8 Å². The Morgan fingerprint density at radius 3 is 1.55 bits per heavy atom. The molecular formula is C55H38. The van der Waals surface area contributed by atoms with Crippen molar-refractivity contribution in [3.63, 3.8) is 0 Å². The fraction of sp³-hybridized carbons (Fsp3) is 0.0545. The molecule has 0 unspecified atom stereocenters. The maximum absolute atomic E-state index is 2.51. The van der Waals surface area contributed by atoms with Gasteiger partial charge in [-0.2, -0.15) is 0 Å². The van der Waals surface area contributed by atoms with Gasteiger partial charge in [0.2, 0.25) is 0 Å². The van der Waals surface area contributed by atoms with Crippen molar-refractivity contribution in [2.75, 3.05) is 0 Å². The van der Waals surface area contributed by atoms with Gasteiger partial charge >= 0.3 is 0 Å². The van der Waals surface area contributed by atoms with Crippen LogP contribution < -0.4 is 0 Å². The van der Waals surface area contributed by atoms with Gasteiger partial charge in [-0.05, 0) is 124 Å². The van der Waals surface area contributed by atoms with Crippen LogP contribution in [0.15, 0.2) is 200 Å². The Morgan fingerprint density at radius 1 is 0.309 bits per heavy atom. The second-order valence-corrected chi connectivity index (χ2v) is 15.2. The Balaban J connectivity index is 1.04. The third-order valence-electron chi connectivity index (χ3n) is 12.1. The summed E-state index contributed by atoms with van der Waals surface area (Å²) < 4.78 is 0. The zero-order chi connectivity index (χ0) is 36.3. The molecule has 0 spiro atoms. The fourth-order valence-electron chi connectivity index (χ4n) is 9.48. The van der Waals surface area contributed by atoms with Crippen LogP contribution in [0.4, 0.5) is 0 Å². The highest BCUT2D eigenvalue weighted by Crippen LogP contribution is 2.50. The van der Waals surface area contributed by atoms with E-state index < -0.39 is 0 Å². The molecule has 0 saturated carbocycles. The summed E-state index contributed by atoms with van der Waals surface area (Å²) >= 11 is 0. The lowest BCUT2D eigenvalue weighted by Gasteiger charge is -2.21. The van der Waals surface area contributed by atoms with Crippen molar-refractivity contribution in [3.05, 3.63) is 239 Å². The summed E-state index contributed by atoms with van der Waals surface area (Å²) in [5.74, 6) is 0.0955. The van der Waals surface area contributed by atoms with E-state index in [0.717, 1.165) is 12.8 Å². The summed E-state index contributed by atoms with van der Waals surface area (Å²) in [6, 6.07) is 74.5. The zero-order valence-electron chi connectivity index (χ0n) is 30.5. The minimum atomic E-state index is 0.0955. The molecule has 0 radical (unpaired) electrons. The van der Waals surface area contributed by atoms with E-state index in [0.29, 0.717) is 0 Å². The van der Waals surface area contributed by atoms with Gasteiger partial charge in [-0.25, -0.2) is 0 Å². The SMILES string of the molecule is c1ccc(-c2ccc(C(c3ccc(-c4ccccc4)cc3)c3ccc4c(c3)Cc3c-4cc4ccccc4c3-c3cccc4c3Cc3ccccc3-4)cc2)cc1. The number of hydrogen-bond acceptors (Lipinski definition) is 0. The Kier molecular flexibility index (Phi) is 7.49. The molecule has 55 heavy (non-hydrogen) atoms. The van der Waals surface area contributed by atoms with Crippen LogP contribution in [-0.2, 0) is 12.8 Å². The van der Waals surface area contributed by atoms with Gasteiger partial charge in [0.25, 0.3) is 0 Å². The maximum atomic E-state index is 2.51. The number of rotatable bonds is 6. The van der Waals surface area contributed by atoms with Gasteiger partial charge in [-0.1, -0.05) is 194 Å². The summed E-state index contributed by atoms with van der Waals surface area (Å²) in [4.78, 5) is 0. The third kappa shape index (κ3) is 5.37. The molecule has 0 fully saturated rings. The van der Waals surface area contributed by atoms with Gasteiger partial charge < -0.3 is 0 Å². The molecule has 0 atom stereocenters. The largest absolute Gasteiger partial charge is 0.0622 e. The molecule has 0 aromatic heterocycles. The summed E-state index contributed by atoms with van der Waals surface area (Å²) in [5.41, 5.74) is 22.9. The third-order valence-corrected chi connectivity index (χ3v) is 12.1. The van der Waals surface area contributed by atoms with E-state index in [1.807, 2.05) is 0 Å². The van der Waals surface area contributed by atoms with Crippen LogP contribution in [0.3, 0.4) is 0 Å². The molecule has 0 aliphatic heterocycles. The van der Waals surface area contributed by atoms with Gasteiger partial charge in [0.05, 0.1) is 0 Å². The Morgan fingerprint density at radius 2 is 0.836 bits per heavy atom. The van der Waals surface area contributed by atoms with E-state index in [9.17, 15) is 0 Å². The first kappa shape index (κ1) is 31.7. The second-order valence-electron chi connectivity index (χ2n) is 15.2. The van der Waals surface area contributed by atoms with E-state index in [1.165, 1.54) is 105 Å². The standard InChI is InChI=1S/C55H38/c1-3-12-36(13-4-1)38-22-26-40(27-23-38)54(41-28-24-39(25-29-41)37-14-5-2-6-15-37)44-30-31-47-45(32-44)35-53-51(47)34-43-17-8-10-19-48(43)55(53)50-21-11-20-49-46-18-9-7-16-42(46)33-52(49)50/h1-32,34,54H,33,35H2. The monoisotopic (exact) mass is 698 g/mol. The van der Waals surface area contributed by atoms with Gasteiger partial charge in [-0.3, -0.25) is 0 Å². The first-order valence-electron chi connectivity index (χ1n) is 19.5. The average molecular weight is 699 g/mol. The van der Waals surface area contributed by atoms with Gasteiger partial charge in [-0.15, -0.1) is 0 Å². The molecule has 0 N–H and O–H groups in total. The highest BCUT2D eigenvalue weighted by Gasteiger charge is 2.29. The molecule has 0 amide bonds. The first-order valence-corrected chi connectivity index (χ1v) is 19.5. The van der Waals surface area contributed by atoms with Crippen molar-refractivity contribution in [1.82, 2.24) is 0 Å². The fourth-order valence-corrected chi connectivity index (χ4v) is 9.48. The highest BCUT2D eigenvalue weighted by molar-refractivity contribution is 6.06. The predicted molar refractivity (Wildman–Crippen MR) is 231 cm³/mol. The summed E-state index contributed by atoms with van der Waals surface area (Å²) in [6.07, 6.45) is 1.90. The predicted octanol–water partition coefficient (Wildman–Crippen LogP) is 14.2. The molecule has 0 heteroatoms. The number of fused-ring (bicyclic) bond motifs is 7. The van der Waals surface area contributed by atoms with E-state index in [2.05, 4.69) is 200 Å². The van der Waals surface area contributed by atoms with Gasteiger partial charge in [0.1, 0.15) is 0 Å². The van der Waals surface area contributed by atoms with Crippen LogP contribution in [0.5, 0.6) is 0 Å². The number of hydrogen-bond donors (Lipinski definition) is 0. The molecule has 0 heterocycles. The van der Waals surface area contributed by atoms with E-state index >= 15 is 0 Å². The first-order chi connectivity index (χ1) is 27.3. The normalized spacial score (nSPS) is 12.4. The average Bonchev–Trinajstić information content (AvgIpc) is 3.82. The van der Waals surface area contributed by atoms with E-state index in [1.54, 1.807) is 0 Å². The topological polar surface area (TPSA) is 0 Å². The smallest absolute Gasteiger partial charge is 0.0340 e. The van der Waals surface area contributed by atoms with Gasteiger partial charge in [0.15, 0.2) is 0 Å². The van der Waals surface area contributed by atoms with Crippen LogP contribution in [0, 0.1) is 0 Å². The molecule has 2 aliphatic rings. The van der Waals surface area contributed by atoms with Crippen LogP contribution in [0.25, 0.3) is 66.4 Å². The highest BCUT2D eigenvalue weighted by atomic mass is 14.3. The zero-order valence-corrected chi connectivity index (χ0v) is 30.5. The van der Waals surface area contributed by atoms with Crippen LogP contribution in [0.2, 0.25) is 0 Å². The molecule has 9 aromatic carbocycles. The molecule has 2 aliphatic carbocycles. The molecule has 0 nitrogen and oxygen atoms in total. The Bertz CT molecular complexity index is 2800. The van der Waals surface area contributed by atoms with Crippen molar-refractivity contribution >= 4 is 10.8 Å². The summed E-state index contributed by atoms with van der Waals surface area (Å²) in [5, 5.41) is 2.64. The molecular weight excluding hydrogens is 661 g/mol. The van der Waals surface area contributed by atoms with Crippen molar-refractivity contribution < 1.29 is 0 Å². The summed E-state index contributed by atoms with van der Waals surface area (Å²) in [7, 11) is 0.